The Balaban J connectivity index is 2.52. The van der Waals surface area contributed by atoms with Gasteiger partial charge < -0.3 is 10.7 Å². The number of H-pyrrole nitrogens is 1. The lowest BCUT2D eigenvalue weighted by atomic mass is 10.1. The van der Waals surface area contributed by atoms with Crippen LogP contribution in [-0.4, -0.2) is 16.5 Å². The minimum Gasteiger partial charge on any atom is -0.346 e. The van der Waals surface area contributed by atoms with Gasteiger partial charge in [-0.1, -0.05) is 13.8 Å². The quantitative estimate of drug-likeness (QED) is 0.705. The van der Waals surface area contributed by atoms with Crippen molar-refractivity contribution >= 4 is 0 Å². The van der Waals surface area contributed by atoms with Gasteiger partial charge in [0.25, 0.3) is 0 Å². The van der Waals surface area contributed by atoms with Gasteiger partial charge in [0.15, 0.2) is 0 Å². The van der Waals surface area contributed by atoms with Gasteiger partial charge in [0.2, 0.25) is 0 Å². The zero-order valence-corrected chi connectivity index (χ0v) is 7.80. The molecule has 1 heterocycles. The van der Waals surface area contributed by atoms with E-state index >= 15 is 0 Å². The highest BCUT2D eigenvalue weighted by molar-refractivity contribution is 5.01. The van der Waals surface area contributed by atoms with Crippen LogP contribution in [-0.2, 0) is 12.8 Å². The first-order chi connectivity index (χ1) is 5.76. The maximum atomic E-state index is 5.52. The van der Waals surface area contributed by atoms with Gasteiger partial charge in [0, 0.05) is 18.3 Å². The van der Waals surface area contributed by atoms with Crippen LogP contribution >= 0.6 is 0 Å². The Hall–Kier alpha value is -0.830. The molecule has 0 spiro atoms. The number of hydrogen-bond donors (Lipinski definition) is 2. The number of nitrogens with one attached hydrogen (secondary N) is 1. The monoisotopic (exact) mass is 167 g/mol. The largest absolute Gasteiger partial charge is 0.346 e. The fourth-order valence-electron chi connectivity index (χ4n) is 1.10. The van der Waals surface area contributed by atoms with Crippen molar-refractivity contribution in [2.24, 2.45) is 11.7 Å². The molecule has 0 aliphatic rings. The average molecular weight is 167 g/mol. The summed E-state index contributed by atoms with van der Waals surface area (Å²) in [5.41, 5.74) is 6.72. The van der Waals surface area contributed by atoms with Gasteiger partial charge in [-0.2, -0.15) is 0 Å². The minimum atomic E-state index is 0.515. The van der Waals surface area contributed by atoms with Crippen LogP contribution < -0.4 is 5.73 Å². The molecule has 3 heteroatoms. The number of rotatable bonds is 4. The molecule has 0 radical (unpaired) electrons. The summed E-state index contributed by atoms with van der Waals surface area (Å²) in [6.07, 6.45) is 3.87. The molecule has 1 unspecified atom stereocenters. The van der Waals surface area contributed by atoms with E-state index in [-0.39, 0.29) is 0 Å². The van der Waals surface area contributed by atoms with Gasteiger partial charge in [-0.25, -0.2) is 4.98 Å². The predicted molar refractivity (Wildman–Crippen MR) is 49.9 cm³/mol. The second-order valence-electron chi connectivity index (χ2n) is 3.25. The highest BCUT2D eigenvalue weighted by Crippen LogP contribution is 2.04. The van der Waals surface area contributed by atoms with Crippen LogP contribution in [0.2, 0.25) is 0 Å². The molecule has 0 saturated carbocycles. The average Bonchev–Trinajstić information content (AvgIpc) is 2.52. The van der Waals surface area contributed by atoms with Crippen LogP contribution in [0.15, 0.2) is 6.20 Å². The first kappa shape index (κ1) is 9.26. The van der Waals surface area contributed by atoms with E-state index < -0.39 is 0 Å². The number of nitrogens with zero attached hydrogens (tertiary/aromatic N) is 1. The van der Waals surface area contributed by atoms with E-state index in [0.717, 1.165) is 25.2 Å². The summed E-state index contributed by atoms with van der Waals surface area (Å²) in [6, 6.07) is 0. The second kappa shape index (κ2) is 4.26. The van der Waals surface area contributed by atoms with Crippen LogP contribution in [0.3, 0.4) is 0 Å². The lowest BCUT2D eigenvalue weighted by molar-refractivity contribution is 0.576. The highest BCUT2D eigenvalue weighted by atomic mass is 14.9. The van der Waals surface area contributed by atoms with Gasteiger partial charge in [0.05, 0.1) is 0 Å². The van der Waals surface area contributed by atoms with Crippen LogP contribution in [0, 0.1) is 5.92 Å². The van der Waals surface area contributed by atoms with E-state index in [0.29, 0.717) is 5.92 Å². The molecule has 1 aromatic heterocycles. The highest BCUT2D eigenvalue weighted by Gasteiger charge is 2.03. The van der Waals surface area contributed by atoms with Gasteiger partial charge >= 0.3 is 0 Å². The molecule has 12 heavy (non-hydrogen) atoms. The van der Waals surface area contributed by atoms with Gasteiger partial charge in [-0.3, -0.25) is 0 Å². The summed E-state index contributed by atoms with van der Waals surface area (Å²) < 4.78 is 0. The number of aromatic amines is 1. The summed E-state index contributed by atoms with van der Waals surface area (Å²) in [6.45, 7) is 4.97. The van der Waals surface area contributed by atoms with Crippen LogP contribution in [0.1, 0.15) is 25.4 Å². The Bertz CT molecular complexity index is 229. The van der Waals surface area contributed by atoms with Crippen LogP contribution in [0.4, 0.5) is 0 Å². The third-order valence-electron chi connectivity index (χ3n) is 2.01. The Labute approximate surface area is 73.4 Å². The number of aryl methyl sites for hydroxylation is 1. The summed E-state index contributed by atoms with van der Waals surface area (Å²) in [5.74, 6) is 1.57. The lowest BCUT2D eigenvalue weighted by Gasteiger charge is -2.04. The van der Waals surface area contributed by atoms with Gasteiger partial charge in [-0.05, 0) is 18.9 Å². The lowest BCUT2D eigenvalue weighted by Crippen LogP contribution is -2.13. The Morgan fingerprint density at radius 2 is 2.42 bits per heavy atom. The first-order valence-corrected chi connectivity index (χ1v) is 4.49. The first-order valence-electron chi connectivity index (χ1n) is 4.49. The van der Waals surface area contributed by atoms with E-state index in [4.69, 9.17) is 5.73 Å². The van der Waals surface area contributed by atoms with Crippen molar-refractivity contribution < 1.29 is 0 Å². The SMILES string of the molecule is CCc1cnc(CC(C)CN)[nH]1. The number of nitrogens with two attached hydrogens (primary N) is 1. The molecule has 3 N–H and O–H groups in total. The van der Waals surface area contributed by atoms with E-state index in [1.807, 2.05) is 6.20 Å². The minimum absolute atomic E-state index is 0.515. The molecule has 1 rings (SSSR count). The Morgan fingerprint density at radius 3 is 2.92 bits per heavy atom. The second-order valence-corrected chi connectivity index (χ2v) is 3.25. The zero-order valence-electron chi connectivity index (χ0n) is 7.80. The fourth-order valence-corrected chi connectivity index (χ4v) is 1.10. The topological polar surface area (TPSA) is 54.7 Å². The Morgan fingerprint density at radius 1 is 1.67 bits per heavy atom. The molecular formula is C9H17N3. The molecule has 1 aromatic rings. The molecule has 0 aliphatic heterocycles. The van der Waals surface area contributed by atoms with E-state index in [1.165, 1.54) is 5.69 Å². The van der Waals surface area contributed by atoms with Gasteiger partial charge in [0.1, 0.15) is 5.82 Å². The summed E-state index contributed by atoms with van der Waals surface area (Å²) in [7, 11) is 0. The number of imidazole rings is 1. The summed E-state index contributed by atoms with van der Waals surface area (Å²) in [4.78, 5) is 7.53. The molecular weight excluding hydrogens is 150 g/mol. The zero-order chi connectivity index (χ0) is 8.97. The fraction of sp³-hybridized carbons (Fsp3) is 0.667. The molecule has 0 saturated heterocycles. The van der Waals surface area contributed by atoms with E-state index in [1.54, 1.807) is 0 Å². The van der Waals surface area contributed by atoms with Crippen molar-refractivity contribution in [1.82, 2.24) is 9.97 Å². The van der Waals surface area contributed by atoms with Crippen LogP contribution in [0.5, 0.6) is 0 Å². The van der Waals surface area contributed by atoms with E-state index in [2.05, 4.69) is 23.8 Å². The van der Waals surface area contributed by atoms with E-state index in [9.17, 15) is 0 Å². The molecule has 0 bridgehead atoms. The summed E-state index contributed by atoms with van der Waals surface area (Å²) in [5, 5.41) is 0. The van der Waals surface area contributed by atoms with Crippen molar-refractivity contribution in [1.29, 1.82) is 0 Å². The number of hydrogen-bond acceptors (Lipinski definition) is 2. The van der Waals surface area contributed by atoms with Crippen molar-refractivity contribution in [3.05, 3.63) is 17.7 Å². The molecule has 3 nitrogen and oxygen atoms in total. The van der Waals surface area contributed by atoms with Crippen molar-refractivity contribution in [3.63, 3.8) is 0 Å². The van der Waals surface area contributed by atoms with Crippen molar-refractivity contribution in [2.75, 3.05) is 6.54 Å². The molecule has 0 aromatic carbocycles. The summed E-state index contributed by atoms with van der Waals surface area (Å²) >= 11 is 0. The normalized spacial score (nSPS) is 13.2. The molecule has 1 atom stereocenters. The molecule has 68 valence electrons. The van der Waals surface area contributed by atoms with Crippen molar-refractivity contribution in [2.45, 2.75) is 26.7 Å². The number of aromatic nitrogens is 2. The molecule has 0 amide bonds. The maximum absolute atomic E-state index is 5.52. The standard InChI is InChI=1S/C9H17N3/c1-3-8-6-11-9(12-8)4-7(2)5-10/h6-7H,3-5,10H2,1-2H3,(H,11,12). The van der Waals surface area contributed by atoms with Crippen molar-refractivity contribution in [3.8, 4) is 0 Å². The molecule has 0 fully saturated rings. The predicted octanol–water partition coefficient (Wildman–Crippen LogP) is 1.11. The third-order valence-corrected chi connectivity index (χ3v) is 2.01. The smallest absolute Gasteiger partial charge is 0.106 e. The molecule has 0 aliphatic carbocycles. The van der Waals surface area contributed by atoms with Gasteiger partial charge in [-0.15, -0.1) is 0 Å². The van der Waals surface area contributed by atoms with Crippen LogP contribution in [0.25, 0.3) is 0 Å². The maximum Gasteiger partial charge on any atom is 0.106 e. The third kappa shape index (κ3) is 2.34. The Kier molecular flexibility index (Phi) is 3.29.